The van der Waals surface area contributed by atoms with Gasteiger partial charge in [-0.25, -0.2) is 0 Å². The highest BCUT2D eigenvalue weighted by molar-refractivity contribution is 5.64. The van der Waals surface area contributed by atoms with E-state index in [1.54, 1.807) is 7.11 Å². The zero-order valence-corrected chi connectivity index (χ0v) is 19.4. The Morgan fingerprint density at radius 2 is 1.64 bits per heavy atom. The van der Waals surface area contributed by atoms with Crippen LogP contribution in [-0.2, 0) is 12.8 Å². The zero-order valence-electron chi connectivity index (χ0n) is 19.4. The molecule has 164 valence electrons. The average Bonchev–Trinajstić information content (AvgIpc) is 2.76. The fourth-order valence-corrected chi connectivity index (χ4v) is 3.43. The molecule has 0 spiro atoms. The number of ether oxygens (including phenoxy) is 1. The topological polar surface area (TPSA) is 62.0 Å². The van der Waals surface area contributed by atoms with Gasteiger partial charge in [0.1, 0.15) is 5.75 Å². The Balaban J connectivity index is 0.00000171. The highest BCUT2D eigenvalue weighted by Crippen LogP contribution is 2.35. The largest absolute Gasteiger partial charge is 0.494 e. The number of methoxy groups -OCH3 is 1. The standard InChI is InChI=1S/C19H33N3O2.2C2H6/c1-4-15-12-16(5-2)19(24-3)18(13-15)22-10-8-21(9-11-22)14-17(23)6-7-20;2*1-2/h12-13,17,23H,4-11,14,20H2,1-3H3;2*1-2H3. The van der Waals surface area contributed by atoms with Crippen molar-refractivity contribution < 1.29 is 9.84 Å². The number of nitrogens with zero attached hydrogens (tertiary/aromatic N) is 2. The van der Waals surface area contributed by atoms with Crippen molar-refractivity contribution in [1.29, 1.82) is 0 Å². The van der Waals surface area contributed by atoms with Crippen LogP contribution in [0.3, 0.4) is 0 Å². The lowest BCUT2D eigenvalue weighted by atomic mass is 10.0. The molecule has 1 fully saturated rings. The lowest BCUT2D eigenvalue weighted by Gasteiger charge is -2.37. The maximum Gasteiger partial charge on any atom is 0.145 e. The molecule has 2 rings (SSSR count). The smallest absolute Gasteiger partial charge is 0.145 e. The highest BCUT2D eigenvalue weighted by atomic mass is 16.5. The molecule has 1 aliphatic rings. The maximum atomic E-state index is 9.95. The van der Waals surface area contributed by atoms with E-state index in [0.717, 1.165) is 51.3 Å². The van der Waals surface area contributed by atoms with E-state index in [1.165, 1.54) is 16.8 Å². The summed E-state index contributed by atoms with van der Waals surface area (Å²) >= 11 is 0. The van der Waals surface area contributed by atoms with Crippen LogP contribution in [-0.4, -0.2) is 62.5 Å². The molecule has 1 unspecified atom stereocenters. The molecule has 5 nitrogen and oxygen atoms in total. The van der Waals surface area contributed by atoms with Gasteiger partial charge in [0.05, 0.1) is 18.9 Å². The van der Waals surface area contributed by atoms with Crippen molar-refractivity contribution in [1.82, 2.24) is 4.90 Å². The van der Waals surface area contributed by atoms with E-state index >= 15 is 0 Å². The van der Waals surface area contributed by atoms with Crippen LogP contribution in [0.5, 0.6) is 5.75 Å². The van der Waals surface area contributed by atoms with Crippen LogP contribution < -0.4 is 15.4 Å². The summed E-state index contributed by atoms with van der Waals surface area (Å²) < 4.78 is 5.73. The predicted octanol–water partition coefficient (Wildman–Crippen LogP) is 3.70. The Labute approximate surface area is 173 Å². The molecule has 0 bridgehead atoms. The summed E-state index contributed by atoms with van der Waals surface area (Å²) in [4.78, 5) is 4.75. The van der Waals surface area contributed by atoms with Gasteiger partial charge in [-0.05, 0) is 43.0 Å². The summed E-state index contributed by atoms with van der Waals surface area (Å²) in [5.74, 6) is 1.02. The molecule has 1 aromatic carbocycles. The maximum absolute atomic E-state index is 9.95. The summed E-state index contributed by atoms with van der Waals surface area (Å²) in [5.41, 5.74) is 9.39. The normalized spacial score (nSPS) is 15.1. The first-order chi connectivity index (χ1) is 13.6. The molecule has 0 radical (unpaired) electrons. The van der Waals surface area contributed by atoms with Gasteiger partial charge in [-0.2, -0.15) is 0 Å². The molecule has 0 aromatic heterocycles. The number of benzene rings is 1. The lowest BCUT2D eigenvalue weighted by molar-refractivity contribution is 0.104. The first-order valence-corrected chi connectivity index (χ1v) is 11.2. The van der Waals surface area contributed by atoms with Gasteiger partial charge in [0.2, 0.25) is 0 Å². The van der Waals surface area contributed by atoms with Crippen molar-refractivity contribution in [2.45, 2.75) is 66.9 Å². The van der Waals surface area contributed by atoms with Crippen molar-refractivity contribution in [3.8, 4) is 5.75 Å². The molecular formula is C23H45N3O2. The fourth-order valence-electron chi connectivity index (χ4n) is 3.43. The minimum absolute atomic E-state index is 0.314. The minimum atomic E-state index is -0.314. The molecule has 1 atom stereocenters. The van der Waals surface area contributed by atoms with Crippen molar-refractivity contribution in [3.05, 3.63) is 23.3 Å². The quantitative estimate of drug-likeness (QED) is 0.703. The summed E-state index contributed by atoms with van der Waals surface area (Å²) in [7, 11) is 1.77. The predicted molar refractivity (Wildman–Crippen MR) is 123 cm³/mol. The fraction of sp³-hybridized carbons (Fsp3) is 0.739. The molecular weight excluding hydrogens is 350 g/mol. The first kappa shape index (κ1) is 26.7. The van der Waals surface area contributed by atoms with E-state index in [2.05, 4.69) is 35.8 Å². The number of β-amino-alcohol motifs (C(OH)–C–C–N with tert-alkyl or cyclic N) is 1. The van der Waals surface area contributed by atoms with Gasteiger partial charge in [-0.1, -0.05) is 47.6 Å². The third-order valence-corrected chi connectivity index (χ3v) is 4.88. The second-order valence-electron chi connectivity index (χ2n) is 6.53. The van der Waals surface area contributed by atoms with Crippen LogP contribution in [0, 0.1) is 0 Å². The van der Waals surface area contributed by atoms with Gasteiger partial charge in [0, 0.05) is 32.7 Å². The summed E-state index contributed by atoms with van der Waals surface area (Å²) in [6, 6.07) is 4.54. The number of piperazine rings is 1. The van der Waals surface area contributed by atoms with Gasteiger partial charge >= 0.3 is 0 Å². The van der Waals surface area contributed by atoms with Gasteiger partial charge in [-0.3, -0.25) is 4.90 Å². The Bertz CT molecular complexity index is 515. The van der Waals surface area contributed by atoms with Gasteiger partial charge in [0.25, 0.3) is 0 Å². The minimum Gasteiger partial charge on any atom is -0.494 e. The van der Waals surface area contributed by atoms with E-state index in [9.17, 15) is 5.11 Å². The molecule has 3 N–H and O–H groups in total. The Hall–Kier alpha value is -1.30. The SMILES string of the molecule is CC.CC.CCc1cc(CC)c(OC)c(N2CCN(CC(O)CCN)CC2)c1. The summed E-state index contributed by atoms with van der Waals surface area (Å²) in [6.07, 6.45) is 2.38. The molecule has 1 aromatic rings. The van der Waals surface area contributed by atoms with Crippen molar-refractivity contribution in [2.24, 2.45) is 5.73 Å². The molecule has 0 aliphatic carbocycles. The van der Waals surface area contributed by atoms with Gasteiger partial charge < -0.3 is 20.5 Å². The Morgan fingerprint density at radius 1 is 1.04 bits per heavy atom. The number of aliphatic hydroxyl groups excluding tert-OH is 1. The number of aliphatic hydroxyl groups is 1. The molecule has 1 aliphatic heterocycles. The van der Waals surface area contributed by atoms with E-state index < -0.39 is 0 Å². The number of hydrogen-bond donors (Lipinski definition) is 2. The lowest BCUT2D eigenvalue weighted by Crippen LogP contribution is -2.49. The van der Waals surface area contributed by atoms with E-state index in [4.69, 9.17) is 10.5 Å². The van der Waals surface area contributed by atoms with Gasteiger partial charge in [-0.15, -0.1) is 0 Å². The third-order valence-electron chi connectivity index (χ3n) is 4.88. The number of rotatable bonds is 8. The van der Waals surface area contributed by atoms with Crippen LogP contribution in [0.15, 0.2) is 12.1 Å². The second kappa shape index (κ2) is 15.6. The van der Waals surface area contributed by atoms with Gasteiger partial charge in [0.15, 0.2) is 0 Å². The molecule has 5 heteroatoms. The zero-order chi connectivity index (χ0) is 21.5. The van der Waals surface area contributed by atoms with E-state index in [-0.39, 0.29) is 6.10 Å². The van der Waals surface area contributed by atoms with E-state index in [0.29, 0.717) is 13.0 Å². The average molecular weight is 396 g/mol. The monoisotopic (exact) mass is 395 g/mol. The van der Waals surface area contributed by atoms with Crippen LogP contribution in [0.25, 0.3) is 0 Å². The summed E-state index contributed by atoms with van der Waals surface area (Å²) in [6.45, 7) is 17.5. The van der Waals surface area contributed by atoms with Crippen LogP contribution in [0.4, 0.5) is 5.69 Å². The van der Waals surface area contributed by atoms with E-state index in [1.807, 2.05) is 27.7 Å². The Kier molecular flexibility index (Phi) is 14.9. The molecule has 0 saturated carbocycles. The molecule has 0 amide bonds. The van der Waals surface area contributed by atoms with Crippen molar-refractivity contribution >= 4 is 5.69 Å². The van der Waals surface area contributed by atoms with Crippen molar-refractivity contribution in [3.63, 3.8) is 0 Å². The molecule has 1 saturated heterocycles. The van der Waals surface area contributed by atoms with Crippen LogP contribution in [0.1, 0.15) is 59.1 Å². The number of hydrogen-bond acceptors (Lipinski definition) is 5. The Morgan fingerprint density at radius 3 is 2.11 bits per heavy atom. The number of aryl methyl sites for hydroxylation is 2. The van der Waals surface area contributed by atoms with Crippen LogP contribution in [0.2, 0.25) is 0 Å². The van der Waals surface area contributed by atoms with Crippen LogP contribution >= 0.6 is 0 Å². The second-order valence-corrected chi connectivity index (χ2v) is 6.53. The molecule has 28 heavy (non-hydrogen) atoms. The molecule has 1 heterocycles. The first-order valence-electron chi connectivity index (χ1n) is 11.2. The number of anilines is 1. The van der Waals surface area contributed by atoms with Crippen molar-refractivity contribution in [2.75, 3.05) is 51.3 Å². The number of nitrogens with two attached hydrogens (primary N) is 1. The third kappa shape index (κ3) is 7.98. The summed E-state index contributed by atoms with van der Waals surface area (Å²) in [5, 5.41) is 9.95. The highest BCUT2D eigenvalue weighted by Gasteiger charge is 2.22.